The van der Waals surface area contributed by atoms with Crippen LogP contribution in [0.2, 0.25) is 0 Å². The molecule has 2 aliphatic rings. The van der Waals surface area contributed by atoms with Crippen molar-refractivity contribution >= 4 is 11.7 Å². The van der Waals surface area contributed by atoms with Gasteiger partial charge in [-0.2, -0.15) is 0 Å². The zero-order valence-corrected chi connectivity index (χ0v) is 12.4. The average molecular weight is 263 g/mol. The fourth-order valence-electron chi connectivity index (χ4n) is 3.65. The van der Waals surface area contributed by atoms with Gasteiger partial charge in [0.15, 0.2) is 0 Å². The van der Waals surface area contributed by atoms with Crippen molar-refractivity contribution in [1.82, 2.24) is 0 Å². The van der Waals surface area contributed by atoms with Crippen molar-refractivity contribution in [2.45, 2.75) is 47.0 Å². The van der Waals surface area contributed by atoms with E-state index in [0.29, 0.717) is 23.8 Å². The van der Waals surface area contributed by atoms with Crippen LogP contribution in [0.3, 0.4) is 0 Å². The van der Waals surface area contributed by atoms with Crippen molar-refractivity contribution < 1.29 is 9.90 Å². The van der Waals surface area contributed by atoms with Gasteiger partial charge in [-0.25, -0.2) is 4.79 Å². The van der Waals surface area contributed by atoms with Gasteiger partial charge in [-0.05, 0) is 43.9 Å². The first-order valence-corrected chi connectivity index (χ1v) is 7.32. The second-order valence-electron chi connectivity index (χ2n) is 6.53. The monoisotopic (exact) mass is 263 g/mol. The van der Waals surface area contributed by atoms with E-state index in [0.717, 1.165) is 19.4 Å². The van der Waals surface area contributed by atoms with E-state index in [1.54, 1.807) is 0 Å². The fourth-order valence-corrected chi connectivity index (χ4v) is 3.65. The topological polar surface area (TPSA) is 49.7 Å². The lowest BCUT2D eigenvalue weighted by Gasteiger charge is -2.42. The van der Waals surface area contributed by atoms with Gasteiger partial charge in [-0.3, -0.25) is 4.99 Å². The van der Waals surface area contributed by atoms with Crippen LogP contribution in [0, 0.1) is 23.2 Å². The lowest BCUT2D eigenvalue weighted by molar-refractivity contribution is -0.133. The van der Waals surface area contributed by atoms with Crippen LogP contribution in [0.25, 0.3) is 0 Å². The number of rotatable bonds is 1. The number of allylic oxidation sites excluding steroid dienone is 1. The summed E-state index contributed by atoms with van der Waals surface area (Å²) < 4.78 is 0. The Morgan fingerprint density at radius 1 is 1.37 bits per heavy atom. The maximum Gasteiger partial charge on any atom is 0.331 e. The molecule has 1 N–H and O–H groups in total. The van der Waals surface area contributed by atoms with Crippen molar-refractivity contribution in [2.75, 3.05) is 6.54 Å². The third kappa shape index (κ3) is 2.47. The molecule has 3 nitrogen and oxygen atoms in total. The number of carboxylic acid groups (broad SMARTS) is 1. The molecule has 1 aliphatic carbocycles. The van der Waals surface area contributed by atoms with Gasteiger partial charge in [-0.1, -0.05) is 26.8 Å². The molecule has 1 aliphatic heterocycles. The van der Waals surface area contributed by atoms with Gasteiger partial charge in [0, 0.05) is 23.2 Å². The largest absolute Gasteiger partial charge is 0.478 e. The predicted molar refractivity (Wildman–Crippen MR) is 77.5 cm³/mol. The maximum atomic E-state index is 11.1. The standard InChI is InChI=1S/C16H25NO2/c1-10-8-16(13(4)17-9-11(10)2)6-5-14(15(18)19)7-12(16)3/h7,10-12H,5-6,8-9H2,1-4H3,(H,18,19)/t10-,11-,12-,16+/m0/s1. The van der Waals surface area contributed by atoms with Gasteiger partial charge in [0.1, 0.15) is 0 Å². The number of aliphatic imine (C=N–C) groups is 1. The second kappa shape index (κ2) is 5.10. The lowest BCUT2D eigenvalue weighted by Crippen LogP contribution is -2.39. The fraction of sp³-hybridized carbons (Fsp3) is 0.750. The Labute approximate surface area is 115 Å². The van der Waals surface area contributed by atoms with Crippen molar-refractivity contribution in [3.05, 3.63) is 11.6 Å². The van der Waals surface area contributed by atoms with Gasteiger partial charge in [0.25, 0.3) is 0 Å². The Morgan fingerprint density at radius 3 is 2.63 bits per heavy atom. The summed E-state index contributed by atoms with van der Waals surface area (Å²) in [6.07, 6.45) is 4.70. The summed E-state index contributed by atoms with van der Waals surface area (Å²) in [6.45, 7) is 9.79. The molecule has 0 aromatic heterocycles. The predicted octanol–water partition coefficient (Wildman–Crippen LogP) is 3.55. The second-order valence-corrected chi connectivity index (χ2v) is 6.53. The van der Waals surface area contributed by atoms with E-state index in [-0.39, 0.29) is 11.3 Å². The zero-order chi connectivity index (χ0) is 14.2. The van der Waals surface area contributed by atoms with Crippen molar-refractivity contribution in [2.24, 2.45) is 28.2 Å². The molecule has 0 radical (unpaired) electrons. The molecule has 1 spiro atoms. The van der Waals surface area contributed by atoms with E-state index < -0.39 is 5.97 Å². The molecular formula is C16H25NO2. The van der Waals surface area contributed by atoms with E-state index in [1.807, 2.05) is 6.08 Å². The van der Waals surface area contributed by atoms with Crippen molar-refractivity contribution in [1.29, 1.82) is 0 Å². The third-order valence-electron chi connectivity index (χ3n) is 5.43. The highest BCUT2D eigenvalue weighted by atomic mass is 16.4. The molecule has 0 bridgehead atoms. The quantitative estimate of drug-likeness (QED) is 0.786. The van der Waals surface area contributed by atoms with Crippen LogP contribution in [-0.2, 0) is 4.79 Å². The SMILES string of the molecule is CC1=NC[C@H](C)[C@@H](C)C[C@@]12CCC(C(=O)O)=C[C@@H]2C. The van der Waals surface area contributed by atoms with Crippen molar-refractivity contribution in [3.8, 4) is 0 Å². The summed E-state index contributed by atoms with van der Waals surface area (Å²) in [5.74, 6) is 0.769. The highest BCUT2D eigenvalue weighted by Crippen LogP contribution is 2.48. The number of nitrogens with zero attached hydrogens (tertiary/aromatic N) is 1. The van der Waals surface area contributed by atoms with Gasteiger partial charge < -0.3 is 5.11 Å². The Kier molecular flexibility index (Phi) is 3.84. The molecule has 0 aromatic carbocycles. The molecule has 0 aromatic rings. The number of aliphatic carboxylic acids is 1. The number of carbonyl (C=O) groups is 1. The molecule has 4 atom stereocenters. The van der Waals surface area contributed by atoms with Crippen LogP contribution in [0.1, 0.15) is 47.0 Å². The van der Waals surface area contributed by atoms with Crippen LogP contribution in [-0.4, -0.2) is 23.3 Å². The van der Waals surface area contributed by atoms with Gasteiger partial charge in [-0.15, -0.1) is 0 Å². The minimum absolute atomic E-state index is 0.0864. The molecule has 19 heavy (non-hydrogen) atoms. The minimum atomic E-state index is -0.758. The molecule has 2 rings (SSSR count). The first-order chi connectivity index (χ1) is 8.86. The lowest BCUT2D eigenvalue weighted by atomic mass is 9.61. The Morgan fingerprint density at radius 2 is 2.05 bits per heavy atom. The molecule has 1 heterocycles. The van der Waals surface area contributed by atoms with E-state index in [2.05, 4.69) is 27.7 Å². The van der Waals surface area contributed by atoms with E-state index in [9.17, 15) is 4.79 Å². The Balaban J connectivity index is 2.34. The summed E-state index contributed by atoms with van der Waals surface area (Å²) in [4.78, 5) is 15.9. The van der Waals surface area contributed by atoms with Crippen LogP contribution >= 0.6 is 0 Å². The number of hydrogen-bond acceptors (Lipinski definition) is 2. The van der Waals surface area contributed by atoms with Crippen LogP contribution in [0.15, 0.2) is 16.6 Å². The highest BCUT2D eigenvalue weighted by molar-refractivity contribution is 5.91. The first-order valence-electron chi connectivity index (χ1n) is 7.32. The molecule has 3 heteroatoms. The molecule has 0 fully saturated rings. The van der Waals surface area contributed by atoms with Crippen molar-refractivity contribution in [3.63, 3.8) is 0 Å². The summed E-state index contributed by atoms with van der Waals surface area (Å²) in [7, 11) is 0. The third-order valence-corrected chi connectivity index (χ3v) is 5.43. The van der Waals surface area contributed by atoms with Gasteiger partial charge >= 0.3 is 5.97 Å². The summed E-state index contributed by atoms with van der Waals surface area (Å²) >= 11 is 0. The van der Waals surface area contributed by atoms with Gasteiger partial charge in [0.2, 0.25) is 0 Å². The van der Waals surface area contributed by atoms with Crippen LogP contribution < -0.4 is 0 Å². The maximum absolute atomic E-state index is 11.1. The molecular weight excluding hydrogens is 238 g/mol. The van der Waals surface area contributed by atoms with Crippen LogP contribution in [0.4, 0.5) is 0 Å². The van der Waals surface area contributed by atoms with E-state index in [1.165, 1.54) is 5.71 Å². The molecule has 0 saturated heterocycles. The Bertz CT molecular complexity index is 438. The zero-order valence-electron chi connectivity index (χ0n) is 12.4. The molecule has 0 amide bonds. The smallest absolute Gasteiger partial charge is 0.331 e. The van der Waals surface area contributed by atoms with Crippen LogP contribution in [0.5, 0.6) is 0 Å². The van der Waals surface area contributed by atoms with Gasteiger partial charge in [0.05, 0.1) is 0 Å². The summed E-state index contributed by atoms with van der Waals surface area (Å²) in [5.41, 5.74) is 1.90. The summed E-state index contributed by atoms with van der Waals surface area (Å²) in [5, 5.41) is 9.16. The first kappa shape index (κ1) is 14.3. The van der Waals surface area contributed by atoms with E-state index in [4.69, 9.17) is 10.1 Å². The molecule has 0 unspecified atom stereocenters. The number of carboxylic acids is 1. The summed E-state index contributed by atoms with van der Waals surface area (Å²) in [6, 6.07) is 0. The van der Waals surface area contributed by atoms with E-state index >= 15 is 0 Å². The highest BCUT2D eigenvalue weighted by Gasteiger charge is 2.44. The minimum Gasteiger partial charge on any atom is -0.478 e. The normalized spacial score (nSPS) is 39.5. The molecule has 106 valence electrons. The average Bonchev–Trinajstić information content (AvgIpc) is 2.46. The molecule has 0 saturated carbocycles. The number of hydrogen-bond donors (Lipinski definition) is 1. The Hall–Kier alpha value is -1.12.